The van der Waals surface area contributed by atoms with Crippen LogP contribution in [0.5, 0.6) is 0 Å². The van der Waals surface area contributed by atoms with Crippen molar-refractivity contribution in [3.8, 4) is 0 Å². The van der Waals surface area contributed by atoms with Gasteiger partial charge in [0.2, 0.25) is 0 Å². The number of rotatable bonds is 6. The van der Waals surface area contributed by atoms with Crippen LogP contribution in [-0.4, -0.2) is 18.8 Å². The number of aliphatic imine (C=N–C) groups is 1. The molecule has 0 heterocycles. The number of carbonyl (C=O) groups is 1. The third kappa shape index (κ3) is 5.08. The highest BCUT2D eigenvalue weighted by molar-refractivity contribution is 7.98. The molecule has 2 rings (SSSR count). The predicted molar refractivity (Wildman–Crippen MR) is 98.8 cm³/mol. The van der Waals surface area contributed by atoms with E-state index in [4.69, 9.17) is 0 Å². The molecule has 118 valence electrons. The summed E-state index contributed by atoms with van der Waals surface area (Å²) in [6.07, 6.45) is 4.67. The van der Waals surface area contributed by atoms with Gasteiger partial charge in [-0.1, -0.05) is 12.1 Å². The fraction of sp³-hybridized carbons (Fsp3) is 0.111. The molecule has 0 bridgehead atoms. The van der Waals surface area contributed by atoms with Gasteiger partial charge in [0.15, 0.2) is 0 Å². The van der Waals surface area contributed by atoms with Crippen molar-refractivity contribution in [1.29, 1.82) is 0 Å². The van der Waals surface area contributed by atoms with Gasteiger partial charge in [0, 0.05) is 28.0 Å². The number of halogens is 1. The van der Waals surface area contributed by atoms with Crippen molar-refractivity contribution >= 4 is 42.6 Å². The fourth-order valence-corrected chi connectivity index (χ4v) is 2.60. The molecular weight excluding hydrogens is 329 g/mol. The van der Waals surface area contributed by atoms with Gasteiger partial charge < -0.3 is 4.79 Å². The smallest absolute Gasteiger partial charge is 0.124 e. The Balaban J connectivity index is 2.33. The zero-order valence-corrected chi connectivity index (χ0v) is 14.3. The second-order valence-electron chi connectivity index (χ2n) is 4.70. The third-order valence-electron chi connectivity index (χ3n) is 3.13. The van der Waals surface area contributed by atoms with Gasteiger partial charge in [-0.15, -0.1) is 24.4 Å². The molecule has 0 atom stereocenters. The van der Waals surface area contributed by atoms with E-state index < -0.39 is 0 Å². The molecule has 0 amide bonds. The largest absolute Gasteiger partial charge is 0.303 e. The summed E-state index contributed by atoms with van der Waals surface area (Å²) in [6.45, 7) is 0. The Morgan fingerprint density at radius 1 is 1.17 bits per heavy atom. The molecule has 2 aromatic rings. The third-order valence-corrected chi connectivity index (χ3v) is 4.26. The fourth-order valence-electron chi connectivity index (χ4n) is 1.93. The first-order chi connectivity index (χ1) is 11.1. The van der Waals surface area contributed by atoms with Crippen LogP contribution in [0, 0.1) is 5.82 Å². The van der Waals surface area contributed by atoms with E-state index in [9.17, 15) is 9.18 Å². The molecule has 0 saturated heterocycles. The molecule has 2 aromatic carbocycles. The minimum absolute atomic E-state index is 0.165. The molecule has 0 N–H and O–H groups in total. The van der Waals surface area contributed by atoms with Crippen LogP contribution in [0.4, 0.5) is 4.39 Å². The first kappa shape index (κ1) is 17.5. The number of allylic oxidation sites excluding steroid dienone is 1. The lowest BCUT2D eigenvalue weighted by Crippen LogP contribution is -1.90. The van der Waals surface area contributed by atoms with E-state index in [2.05, 4.69) is 17.6 Å². The van der Waals surface area contributed by atoms with Crippen molar-refractivity contribution in [2.45, 2.75) is 11.3 Å². The van der Waals surface area contributed by atoms with Crippen molar-refractivity contribution in [2.24, 2.45) is 4.99 Å². The highest BCUT2D eigenvalue weighted by Gasteiger charge is 2.06. The maximum absolute atomic E-state index is 13.1. The summed E-state index contributed by atoms with van der Waals surface area (Å²) in [5.74, 6) is -0.319. The number of thioether (sulfide) groups is 1. The minimum atomic E-state index is -0.319. The lowest BCUT2D eigenvalue weighted by Gasteiger charge is -2.06. The average molecular weight is 345 g/mol. The second-order valence-corrected chi connectivity index (χ2v) is 6.12. The van der Waals surface area contributed by atoms with E-state index >= 15 is 0 Å². The number of hydrogen-bond donors (Lipinski definition) is 1. The molecule has 0 aromatic heterocycles. The van der Waals surface area contributed by atoms with Gasteiger partial charge in [-0.05, 0) is 48.2 Å². The van der Waals surface area contributed by atoms with Gasteiger partial charge in [-0.3, -0.25) is 4.99 Å². The molecule has 0 unspecified atom stereocenters. The Labute approximate surface area is 144 Å². The standard InChI is InChI=1S/C18H16FNOS2/c1-23-16-8-2-13(3-9-16)12-20-18(17(22)10-11-21)14-4-6-15(19)7-5-14/h2-9,11-12,22H,10H2,1H3/b18-17-,20-12?. The first-order valence-corrected chi connectivity index (χ1v) is 8.61. The summed E-state index contributed by atoms with van der Waals surface area (Å²) in [5.41, 5.74) is 2.22. The average Bonchev–Trinajstić information content (AvgIpc) is 2.57. The summed E-state index contributed by atoms with van der Waals surface area (Å²) in [4.78, 5) is 16.9. The van der Waals surface area contributed by atoms with E-state index in [1.165, 1.54) is 17.0 Å². The normalized spacial score (nSPS) is 12.3. The van der Waals surface area contributed by atoms with E-state index in [1.54, 1.807) is 30.1 Å². The van der Waals surface area contributed by atoms with E-state index in [0.717, 1.165) is 17.4 Å². The van der Waals surface area contributed by atoms with Crippen LogP contribution in [0.1, 0.15) is 17.5 Å². The Morgan fingerprint density at radius 3 is 2.39 bits per heavy atom. The monoisotopic (exact) mass is 345 g/mol. The molecule has 0 aliphatic heterocycles. The van der Waals surface area contributed by atoms with Crippen molar-refractivity contribution in [3.63, 3.8) is 0 Å². The Kier molecular flexibility index (Phi) is 6.62. The molecule has 0 radical (unpaired) electrons. The van der Waals surface area contributed by atoms with Crippen molar-refractivity contribution in [3.05, 3.63) is 70.4 Å². The zero-order valence-electron chi connectivity index (χ0n) is 12.6. The van der Waals surface area contributed by atoms with Gasteiger partial charge in [0.1, 0.15) is 12.1 Å². The number of thiol groups is 1. The molecule has 5 heteroatoms. The van der Waals surface area contributed by atoms with Crippen LogP contribution in [0.2, 0.25) is 0 Å². The van der Waals surface area contributed by atoms with E-state index in [0.29, 0.717) is 10.6 Å². The Bertz CT molecular complexity index is 722. The van der Waals surface area contributed by atoms with Crippen molar-refractivity contribution in [1.82, 2.24) is 0 Å². The lowest BCUT2D eigenvalue weighted by molar-refractivity contribution is -0.107. The molecular formula is C18H16FNOS2. The summed E-state index contributed by atoms with van der Waals surface area (Å²) >= 11 is 6.03. The zero-order chi connectivity index (χ0) is 16.7. The van der Waals surface area contributed by atoms with E-state index in [1.807, 2.05) is 30.5 Å². The summed E-state index contributed by atoms with van der Waals surface area (Å²) in [5, 5.41) is 0. The Morgan fingerprint density at radius 2 is 1.83 bits per heavy atom. The topological polar surface area (TPSA) is 29.4 Å². The van der Waals surface area contributed by atoms with Crippen molar-refractivity contribution < 1.29 is 9.18 Å². The molecule has 0 aliphatic rings. The van der Waals surface area contributed by atoms with Gasteiger partial charge in [0.25, 0.3) is 0 Å². The summed E-state index contributed by atoms with van der Waals surface area (Å²) in [6, 6.07) is 13.9. The summed E-state index contributed by atoms with van der Waals surface area (Å²) in [7, 11) is 0. The number of nitrogens with zero attached hydrogens (tertiary/aromatic N) is 1. The van der Waals surface area contributed by atoms with Crippen LogP contribution >= 0.6 is 24.4 Å². The lowest BCUT2D eigenvalue weighted by atomic mass is 10.1. The van der Waals surface area contributed by atoms with Crippen LogP contribution < -0.4 is 0 Å². The highest BCUT2D eigenvalue weighted by atomic mass is 32.2. The number of carbonyl (C=O) groups excluding carboxylic acids is 1. The molecule has 0 aliphatic carbocycles. The van der Waals surface area contributed by atoms with Crippen LogP contribution in [-0.2, 0) is 4.79 Å². The quantitative estimate of drug-likeness (QED) is 0.351. The van der Waals surface area contributed by atoms with Gasteiger partial charge in [0.05, 0.1) is 5.70 Å². The number of aldehydes is 1. The molecule has 0 fully saturated rings. The second kappa shape index (κ2) is 8.70. The SMILES string of the molecule is CSc1ccc(C=N/C(=C(\S)CC=O)c2ccc(F)cc2)cc1. The Hall–Kier alpha value is -1.85. The molecule has 23 heavy (non-hydrogen) atoms. The molecule has 0 spiro atoms. The van der Waals surface area contributed by atoms with Crippen molar-refractivity contribution in [2.75, 3.05) is 6.26 Å². The van der Waals surface area contributed by atoms with E-state index in [-0.39, 0.29) is 12.2 Å². The summed E-state index contributed by atoms with van der Waals surface area (Å²) < 4.78 is 13.1. The molecule has 0 saturated carbocycles. The highest BCUT2D eigenvalue weighted by Crippen LogP contribution is 2.25. The number of benzene rings is 2. The number of hydrogen-bond acceptors (Lipinski definition) is 4. The maximum atomic E-state index is 13.1. The van der Waals surface area contributed by atoms with Crippen LogP contribution in [0.25, 0.3) is 5.70 Å². The van der Waals surface area contributed by atoms with Crippen LogP contribution in [0.3, 0.4) is 0 Å². The molecule has 2 nitrogen and oxygen atoms in total. The maximum Gasteiger partial charge on any atom is 0.124 e. The first-order valence-electron chi connectivity index (χ1n) is 6.94. The van der Waals surface area contributed by atoms with Gasteiger partial charge >= 0.3 is 0 Å². The van der Waals surface area contributed by atoms with Gasteiger partial charge in [-0.25, -0.2) is 4.39 Å². The van der Waals surface area contributed by atoms with Gasteiger partial charge in [-0.2, -0.15) is 0 Å². The predicted octanol–water partition coefficient (Wildman–Crippen LogP) is 4.85. The van der Waals surface area contributed by atoms with Crippen LogP contribution in [0.15, 0.2) is 63.3 Å². The minimum Gasteiger partial charge on any atom is -0.303 e.